The monoisotopic (exact) mass is 187 g/mol. The lowest BCUT2D eigenvalue weighted by Crippen LogP contribution is -2.11. The van der Waals surface area contributed by atoms with Crippen molar-refractivity contribution in [2.24, 2.45) is 0 Å². The molecule has 0 unspecified atom stereocenters. The lowest BCUT2D eigenvalue weighted by molar-refractivity contribution is 0.499. The van der Waals surface area contributed by atoms with Crippen molar-refractivity contribution in [3.05, 3.63) is 48.2 Å². The minimum Gasteiger partial charge on any atom is -0.449 e. The van der Waals surface area contributed by atoms with Gasteiger partial charge in [-0.05, 0) is 24.3 Å². The van der Waals surface area contributed by atoms with E-state index in [0.717, 1.165) is 5.76 Å². The predicted octanol–water partition coefficient (Wildman–Crippen LogP) is 1.70. The van der Waals surface area contributed by atoms with E-state index in [9.17, 15) is 0 Å². The summed E-state index contributed by atoms with van der Waals surface area (Å²) >= 11 is 0. The topological polar surface area (TPSA) is 53.9 Å². The van der Waals surface area contributed by atoms with Gasteiger partial charge in [0.25, 0.3) is 0 Å². The number of rotatable bonds is 3. The molecule has 0 aliphatic carbocycles. The van der Waals surface area contributed by atoms with Crippen LogP contribution in [0, 0.1) is 11.3 Å². The number of furan rings is 1. The molecule has 2 heterocycles. The van der Waals surface area contributed by atoms with E-state index < -0.39 is 0 Å². The predicted molar refractivity (Wildman–Crippen MR) is 50.9 cm³/mol. The van der Waals surface area contributed by atoms with Gasteiger partial charge in [-0.3, -0.25) is 4.68 Å². The van der Waals surface area contributed by atoms with E-state index in [2.05, 4.69) is 5.43 Å². The van der Waals surface area contributed by atoms with E-state index in [1.165, 1.54) is 0 Å². The Kier molecular flexibility index (Phi) is 2.24. The molecule has 0 amide bonds. The molecule has 0 spiro atoms. The van der Waals surface area contributed by atoms with Crippen LogP contribution in [0.25, 0.3) is 0 Å². The molecule has 14 heavy (non-hydrogen) atoms. The lowest BCUT2D eigenvalue weighted by atomic mass is 10.4. The van der Waals surface area contributed by atoms with Crippen molar-refractivity contribution in [1.29, 1.82) is 5.26 Å². The van der Waals surface area contributed by atoms with Gasteiger partial charge < -0.3 is 9.84 Å². The first-order valence-corrected chi connectivity index (χ1v) is 4.24. The zero-order valence-electron chi connectivity index (χ0n) is 7.47. The van der Waals surface area contributed by atoms with Gasteiger partial charge in [0.1, 0.15) is 11.8 Å². The van der Waals surface area contributed by atoms with Crippen LogP contribution in [0.3, 0.4) is 0 Å². The Hall–Kier alpha value is -2.15. The van der Waals surface area contributed by atoms with Gasteiger partial charge in [-0.15, -0.1) is 0 Å². The van der Waals surface area contributed by atoms with Crippen LogP contribution in [0.15, 0.2) is 41.1 Å². The molecule has 4 nitrogen and oxygen atoms in total. The van der Waals surface area contributed by atoms with Crippen molar-refractivity contribution in [2.45, 2.75) is 6.54 Å². The summed E-state index contributed by atoms with van der Waals surface area (Å²) in [5.74, 6) is 1.09. The maximum Gasteiger partial charge on any atom is 0.203 e. The average molecular weight is 187 g/mol. The van der Waals surface area contributed by atoms with Crippen LogP contribution in [0.4, 0.5) is 0 Å². The van der Waals surface area contributed by atoms with Crippen LogP contribution in [0.5, 0.6) is 0 Å². The fraction of sp³-hybridized carbons (Fsp3) is 0.100. The van der Waals surface area contributed by atoms with Crippen LogP contribution in [0.2, 0.25) is 0 Å². The van der Waals surface area contributed by atoms with Crippen molar-refractivity contribution in [1.82, 2.24) is 4.68 Å². The molecule has 0 atom stereocenters. The molecule has 2 aromatic heterocycles. The van der Waals surface area contributed by atoms with Crippen LogP contribution in [-0.4, -0.2) is 4.68 Å². The molecule has 0 fully saturated rings. The molecular formula is C10H9N3O. The Bertz CT molecular complexity index is 436. The second-order valence-electron chi connectivity index (χ2n) is 2.80. The maximum absolute atomic E-state index is 8.53. The molecule has 2 rings (SSSR count). The summed E-state index contributed by atoms with van der Waals surface area (Å²) in [4.78, 5) is 0. The van der Waals surface area contributed by atoms with Gasteiger partial charge in [0.2, 0.25) is 5.76 Å². The third kappa shape index (κ3) is 1.77. The number of nitriles is 1. The van der Waals surface area contributed by atoms with Crippen molar-refractivity contribution in [3.63, 3.8) is 0 Å². The molecule has 2 aromatic rings. The van der Waals surface area contributed by atoms with Gasteiger partial charge >= 0.3 is 0 Å². The van der Waals surface area contributed by atoms with Gasteiger partial charge in [0.05, 0.1) is 6.54 Å². The summed E-state index contributed by atoms with van der Waals surface area (Å²) in [7, 11) is 0. The molecule has 0 aliphatic heterocycles. The molecule has 70 valence electrons. The summed E-state index contributed by atoms with van der Waals surface area (Å²) in [5.41, 5.74) is 3.09. The first-order valence-electron chi connectivity index (χ1n) is 4.24. The standard InChI is InChI=1S/C10H9N3O/c11-7-9-3-4-10(14-9)8-12-13-5-1-2-6-13/h1-6,12H,8H2. The third-order valence-corrected chi connectivity index (χ3v) is 1.81. The molecule has 0 saturated carbocycles. The zero-order valence-corrected chi connectivity index (χ0v) is 7.47. The van der Waals surface area contributed by atoms with Gasteiger partial charge in [-0.2, -0.15) is 5.26 Å². The minimum atomic E-state index is 0.342. The SMILES string of the molecule is N#Cc1ccc(CNn2cccc2)o1. The van der Waals surface area contributed by atoms with Crippen LogP contribution in [0.1, 0.15) is 11.5 Å². The number of aromatic nitrogens is 1. The van der Waals surface area contributed by atoms with E-state index in [1.807, 2.05) is 35.3 Å². The molecular weight excluding hydrogens is 178 g/mol. The smallest absolute Gasteiger partial charge is 0.203 e. The van der Waals surface area contributed by atoms with Gasteiger partial charge in [0, 0.05) is 12.4 Å². The summed E-state index contributed by atoms with van der Waals surface area (Å²) in [6.45, 7) is 0.566. The molecule has 0 radical (unpaired) electrons. The Morgan fingerprint density at radius 2 is 2.14 bits per heavy atom. The number of hydrogen-bond donors (Lipinski definition) is 1. The van der Waals surface area contributed by atoms with Gasteiger partial charge in [-0.1, -0.05) is 0 Å². The van der Waals surface area contributed by atoms with Gasteiger partial charge in [-0.25, -0.2) is 0 Å². The van der Waals surface area contributed by atoms with E-state index in [4.69, 9.17) is 9.68 Å². The Morgan fingerprint density at radius 1 is 1.36 bits per heavy atom. The summed E-state index contributed by atoms with van der Waals surface area (Å²) in [6, 6.07) is 9.24. The minimum absolute atomic E-state index is 0.342. The lowest BCUT2D eigenvalue weighted by Gasteiger charge is -2.03. The highest BCUT2D eigenvalue weighted by atomic mass is 16.3. The summed E-state index contributed by atoms with van der Waals surface area (Å²) in [5, 5.41) is 8.53. The second-order valence-corrected chi connectivity index (χ2v) is 2.80. The van der Waals surface area contributed by atoms with Crippen LogP contribution in [-0.2, 0) is 6.54 Å². The van der Waals surface area contributed by atoms with E-state index in [0.29, 0.717) is 12.3 Å². The maximum atomic E-state index is 8.53. The normalized spacial score (nSPS) is 9.64. The first kappa shape index (κ1) is 8.45. The molecule has 1 N–H and O–H groups in total. The first-order chi connectivity index (χ1) is 6.88. The number of hydrogen-bond acceptors (Lipinski definition) is 3. The number of nitrogens with zero attached hydrogens (tertiary/aromatic N) is 2. The summed E-state index contributed by atoms with van der Waals surface area (Å²) in [6.07, 6.45) is 3.79. The molecule has 0 bridgehead atoms. The quantitative estimate of drug-likeness (QED) is 0.795. The van der Waals surface area contributed by atoms with E-state index in [1.54, 1.807) is 12.1 Å². The molecule has 0 saturated heterocycles. The zero-order chi connectivity index (χ0) is 9.80. The Balaban J connectivity index is 1.96. The van der Waals surface area contributed by atoms with Crippen molar-refractivity contribution < 1.29 is 4.42 Å². The largest absolute Gasteiger partial charge is 0.449 e. The highest BCUT2D eigenvalue weighted by molar-refractivity contribution is 5.19. The fourth-order valence-electron chi connectivity index (χ4n) is 1.14. The summed E-state index contributed by atoms with van der Waals surface area (Å²) < 4.78 is 7.02. The molecule has 0 aliphatic rings. The second kappa shape index (κ2) is 3.71. The fourth-order valence-corrected chi connectivity index (χ4v) is 1.14. The van der Waals surface area contributed by atoms with Crippen molar-refractivity contribution in [2.75, 3.05) is 5.43 Å². The van der Waals surface area contributed by atoms with E-state index >= 15 is 0 Å². The van der Waals surface area contributed by atoms with Crippen molar-refractivity contribution in [3.8, 4) is 6.07 Å². The van der Waals surface area contributed by atoms with Crippen molar-refractivity contribution >= 4 is 0 Å². The van der Waals surface area contributed by atoms with Gasteiger partial charge in [0.15, 0.2) is 0 Å². The van der Waals surface area contributed by atoms with E-state index in [-0.39, 0.29) is 0 Å². The average Bonchev–Trinajstić information content (AvgIpc) is 2.86. The Morgan fingerprint density at radius 3 is 2.79 bits per heavy atom. The molecule has 0 aromatic carbocycles. The highest BCUT2D eigenvalue weighted by Crippen LogP contribution is 2.06. The number of nitrogens with one attached hydrogen (secondary N) is 1. The van der Waals surface area contributed by atoms with Crippen LogP contribution >= 0.6 is 0 Å². The van der Waals surface area contributed by atoms with Crippen LogP contribution < -0.4 is 5.43 Å². The third-order valence-electron chi connectivity index (χ3n) is 1.81. The Labute approximate surface area is 81.3 Å². The molecule has 4 heteroatoms. The highest BCUT2D eigenvalue weighted by Gasteiger charge is 1.99.